The Balaban J connectivity index is 3.43. The molecule has 76 valence electrons. The van der Waals surface area contributed by atoms with E-state index in [4.69, 9.17) is 0 Å². The molecule has 0 aromatic rings. The van der Waals surface area contributed by atoms with Gasteiger partial charge in [-0.15, -0.1) is 6.58 Å². The zero-order valence-electron chi connectivity index (χ0n) is 7.16. The number of halogens is 3. The van der Waals surface area contributed by atoms with Crippen molar-refractivity contribution in [3.8, 4) is 0 Å². The molecule has 1 N–H and O–H groups in total. The first-order valence-corrected chi connectivity index (χ1v) is 3.94. The first kappa shape index (κ1) is 12.0. The van der Waals surface area contributed by atoms with E-state index in [1.165, 1.54) is 0 Å². The molecular formula is C8H12F3NO. The van der Waals surface area contributed by atoms with E-state index in [-0.39, 0.29) is 6.54 Å². The molecular weight excluding hydrogens is 183 g/mol. The highest BCUT2D eigenvalue weighted by Crippen LogP contribution is 2.13. The van der Waals surface area contributed by atoms with Gasteiger partial charge in [0.2, 0.25) is 0 Å². The van der Waals surface area contributed by atoms with Gasteiger partial charge < -0.3 is 5.32 Å². The van der Waals surface area contributed by atoms with Gasteiger partial charge in [0.25, 0.3) is 0 Å². The molecule has 0 saturated heterocycles. The average molecular weight is 195 g/mol. The fraction of sp³-hybridized carbons (Fsp3) is 0.625. The van der Waals surface area contributed by atoms with Crippen LogP contribution in [0.25, 0.3) is 0 Å². The Morgan fingerprint density at radius 1 is 1.38 bits per heavy atom. The van der Waals surface area contributed by atoms with Crippen molar-refractivity contribution >= 4 is 5.91 Å². The Labute approximate surface area is 74.8 Å². The van der Waals surface area contributed by atoms with Crippen molar-refractivity contribution in [1.29, 1.82) is 0 Å². The minimum Gasteiger partial charge on any atom is -0.348 e. The van der Waals surface area contributed by atoms with Gasteiger partial charge in [-0.3, -0.25) is 4.79 Å². The number of allylic oxidation sites excluding steroid dienone is 1. The normalized spacial score (nSPS) is 11.0. The number of hydrogen-bond donors (Lipinski definition) is 1. The summed E-state index contributed by atoms with van der Waals surface area (Å²) in [4.78, 5) is 10.2. The third-order valence-corrected chi connectivity index (χ3v) is 1.38. The quantitative estimate of drug-likeness (QED) is 0.527. The average Bonchev–Trinajstić information content (AvgIpc) is 2.02. The second kappa shape index (κ2) is 5.61. The highest BCUT2D eigenvalue weighted by atomic mass is 19.4. The summed E-state index contributed by atoms with van der Waals surface area (Å²) in [6.45, 7) is 3.53. The lowest BCUT2D eigenvalue weighted by molar-refractivity contribution is -0.173. The number of hydrogen-bond acceptors (Lipinski definition) is 1. The summed E-state index contributed by atoms with van der Waals surface area (Å²) in [6.07, 6.45) is -1.05. The van der Waals surface area contributed by atoms with Crippen LogP contribution in [-0.4, -0.2) is 18.6 Å². The van der Waals surface area contributed by atoms with Crippen LogP contribution in [0.4, 0.5) is 13.2 Å². The van der Waals surface area contributed by atoms with Crippen molar-refractivity contribution in [1.82, 2.24) is 5.32 Å². The van der Waals surface area contributed by atoms with E-state index < -0.39 is 12.1 Å². The van der Waals surface area contributed by atoms with Crippen LogP contribution in [0.2, 0.25) is 0 Å². The van der Waals surface area contributed by atoms with Crippen molar-refractivity contribution < 1.29 is 18.0 Å². The Morgan fingerprint density at radius 3 is 2.46 bits per heavy atom. The summed E-state index contributed by atoms with van der Waals surface area (Å²) in [7, 11) is 0. The molecule has 0 bridgehead atoms. The second-order valence-electron chi connectivity index (χ2n) is 2.54. The summed E-state index contributed by atoms with van der Waals surface area (Å²) in [6, 6.07) is 0. The molecule has 0 rings (SSSR count). The lowest BCUT2D eigenvalue weighted by Crippen LogP contribution is -2.37. The van der Waals surface area contributed by atoms with E-state index in [2.05, 4.69) is 6.58 Å². The van der Waals surface area contributed by atoms with Crippen LogP contribution in [0, 0.1) is 0 Å². The molecule has 2 nitrogen and oxygen atoms in total. The van der Waals surface area contributed by atoms with Gasteiger partial charge in [-0.1, -0.05) is 6.08 Å². The van der Waals surface area contributed by atoms with Crippen LogP contribution < -0.4 is 5.32 Å². The summed E-state index contributed by atoms with van der Waals surface area (Å²) in [5.74, 6) is -1.87. The maximum Gasteiger partial charge on any atom is 0.471 e. The first-order chi connectivity index (χ1) is 5.98. The Kier molecular flexibility index (Phi) is 5.18. The molecule has 0 saturated carbocycles. The SMILES string of the molecule is C=CCCCCNC(=O)C(F)(F)F. The van der Waals surface area contributed by atoms with Gasteiger partial charge >= 0.3 is 12.1 Å². The van der Waals surface area contributed by atoms with E-state index in [0.717, 1.165) is 12.8 Å². The molecule has 1 amide bonds. The molecule has 0 atom stereocenters. The van der Waals surface area contributed by atoms with Gasteiger partial charge in [0.15, 0.2) is 0 Å². The van der Waals surface area contributed by atoms with E-state index in [0.29, 0.717) is 6.42 Å². The van der Waals surface area contributed by atoms with E-state index in [1.807, 2.05) is 0 Å². The number of rotatable bonds is 5. The number of nitrogens with one attached hydrogen (secondary N) is 1. The summed E-state index contributed by atoms with van der Waals surface area (Å²) in [5, 5.41) is 1.78. The Hall–Kier alpha value is -1.00. The van der Waals surface area contributed by atoms with Gasteiger partial charge in [0.05, 0.1) is 0 Å². The molecule has 0 aliphatic carbocycles. The topological polar surface area (TPSA) is 29.1 Å². The monoisotopic (exact) mass is 195 g/mol. The van der Waals surface area contributed by atoms with Crippen LogP contribution in [0.15, 0.2) is 12.7 Å². The largest absolute Gasteiger partial charge is 0.471 e. The molecule has 13 heavy (non-hydrogen) atoms. The van der Waals surface area contributed by atoms with Crippen LogP contribution in [0.1, 0.15) is 19.3 Å². The van der Waals surface area contributed by atoms with E-state index >= 15 is 0 Å². The lowest BCUT2D eigenvalue weighted by atomic mass is 10.2. The second-order valence-corrected chi connectivity index (χ2v) is 2.54. The molecule has 0 aliphatic heterocycles. The van der Waals surface area contributed by atoms with Gasteiger partial charge in [0.1, 0.15) is 0 Å². The molecule has 0 heterocycles. The summed E-state index contributed by atoms with van der Waals surface area (Å²) < 4.78 is 34.8. The van der Waals surface area contributed by atoms with Gasteiger partial charge in [0, 0.05) is 6.54 Å². The maximum absolute atomic E-state index is 11.6. The summed E-state index contributed by atoms with van der Waals surface area (Å²) in [5.41, 5.74) is 0. The molecule has 0 fully saturated rings. The number of amides is 1. The molecule has 0 aromatic heterocycles. The third kappa shape index (κ3) is 6.19. The smallest absolute Gasteiger partial charge is 0.348 e. The predicted octanol–water partition coefficient (Wildman–Crippen LogP) is 2.02. The van der Waals surface area contributed by atoms with Crippen LogP contribution in [-0.2, 0) is 4.79 Å². The van der Waals surface area contributed by atoms with Gasteiger partial charge in [-0.2, -0.15) is 13.2 Å². The van der Waals surface area contributed by atoms with Gasteiger partial charge in [-0.05, 0) is 19.3 Å². The van der Waals surface area contributed by atoms with E-state index in [9.17, 15) is 18.0 Å². The van der Waals surface area contributed by atoms with Crippen molar-refractivity contribution in [2.45, 2.75) is 25.4 Å². The highest BCUT2D eigenvalue weighted by Gasteiger charge is 2.37. The van der Waals surface area contributed by atoms with Crippen molar-refractivity contribution in [3.63, 3.8) is 0 Å². The van der Waals surface area contributed by atoms with E-state index in [1.54, 1.807) is 11.4 Å². The molecule has 0 unspecified atom stereocenters. The number of unbranched alkanes of at least 4 members (excludes halogenated alkanes) is 2. The fourth-order valence-electron chi connectivity index (χ4n) is 0.716. The zero-order chi connectivity index (χ0) is 10.3. The predicted molar refractivity (Wildman–Crippen MR) is 43.1 cm³/mol. The number of alkyl halides is 3. The number of carbonyl (C=O) groups is 1. The van der Waals surface area contributed by atoms with Crippen molar-refractivity contribution in [2.75, 3.05) is 6.54 Å². The molecule has 0 aromatic carbocycles. The molecule has 5 heteroatoms. The van der Waals surface area contributed by atoms with Gasteiger partial charge in [-0.25, -0.2) is 0 Å². The molecule has 0 radical (unpaired) electrons. The molecule has 0 aliphatic rings. The summed E-state index contributed by atoms with van der Waals surface area (Å²) >= 11 is 0. The Morgan fingerprint density at radius 2 is 2.00 bits per heavy atom. The van der Waals surface area contributed by atoms with Crippen LogP contribution in [0.3, 0.4) is 0 Å². The highest BCUT2D eigenvalue weighted by molar-refractivity contribution is 5.81. The third-order valence-electron chi connectivity index (χ3n) is 1.38. The van der Waals surface area contributed by atoms with Crippen molar-refractivity contribution in [3.05, 3.63) is 12.7 Å². The van der Waals surface area contributed by atoms with Crippen LogP contribution >= 0.6 is 0 Å². The fourth-order valence-corrected chi connectivity index (χ4v) is 0.716. The molecule has 0 spiro atoms. The lowest BCUT2D eigenvalue weighted by Gasteiger charge is -2.06. The maximum atomic E-state index is 11.6. The van der Waals surface area contributed by atoms with Crippen LogP contribution in [0.5, 0.6) is 0 Å². The minimum atomic E-state index is -4.77. The first-order valence-electron chi connectivity index (χ1n) is 3.94. The number of carbonyl (C=O) groups excluding carboxylic acids is 1. The Bertz CT molecular complexity index is 177. The standard InChI is InChI=1S/C8H12F3NO/c1-2-3-4-5-6-12-7(13)8(9,10)11/h2H,1,3-6H2,(H,12,13). The minimum absolute atomic E-state index is 0.0617. The zero-order valence-corrected chi connectivity index (χ0v) is 7.16. The van der Waals surface area contributed by atoms with Crippen molar-refractivity contribution in [2.24, 2.45) is 0 Å².